The van der Waals surface area contributed by atoms with Crippen LogP contribution in [0.1, 0.15) is 18.9 Å². The average molecular weight is 350 g/mol. The molecule has 0 aliphatic carbocycles. The Morgan fingerprint density at radius 3 is 2.77 bits per heavy atom. The highest BCUT2D eigenvalue weighted by Gasteiger charge is 2.21. The van der Waals surface area contributed by atoms with Gasteiger partial charge < -0.3 is 14.4 Å². The van der Waals surface area contributed by atoms with E-state index in [4.69, 9.17) is 9.47 Å². The van der Waals surface area contributed by atoms with Crippen molar-refractivity contribution in [1.82, 2.24) is 4.90 Å². The van der Waals surface area contributed by atoms with Gasteiger partial charge in [-0.3, -0.25) is 4.79 Å². The lowest BCUT2D eigenvalue weighted by atomic mass is 10.0. The van der Waals surface area contributed by atoms with Gasteiger partial charge in [-0.25, -0.2) is 0 Å². The summed E-state index contributed by atoms with van der Waals surface area (Å²) in [5.74, 6) is 0.429. The molecule has 0 bridgehead atoms. The monoisotopic (exact) mass is 350 g/mol. The largest absolute Gasteiger partial charge is 0.493 e. The van der Waals surface area contributed by atoms with E-state index in [1.807, 2.05) is 43.3 Å². The van der Waals surface area contributed by atoms with E-state index in [0.717, 1.165) is 22.8 Å². The van der Waals surface area contributed by atoms with E-state index in [1.165, 1.54) is 0 Å². The van der Waals surface area contributed by atoms with Crippen molar-refractivity contribution >= 4 is 22.8 Å². The van der Waals surface area contributed by atoms with E-state index in [-0.39, 0.29) is 11.5 Å². The molecule has 1 saturated heterocycles. The van der Waals surface area contributed by atoms with E-state index in [1.54, 1.807) is 11.0 Å². The summed E-state index contributed by atoms with van der Waals surface area (Å²) >= 11 is 0. The van der Waals surface area contributed by atoms with Gasteiger partial charge in [-0.05, 0) is 29.3 Å². The molecule has 0 atom stereocenters. The molecule has 0 N–H and O–H groups in total. The fourth-order valence-electron chi connectivity index (χ4n) is 2.99. The molecule has 1 heterocycles. The number of amides is 1. The SMILES string of the molecule is CCCOc1ccc2ccccc2c1/C=C(\C#N)C(=O)N1CCOCC1. The third kappa shape index (κ3) is 3.87. The molecule has 1 aliphatic rings. The molecule has 1 fully saturated rings. The van der Waals surface area contributed by atoms with Gasteiger partial charge in [-0.2, -0.15) is 5.26 Å². The van der Waals surface area contributed by atoms with E-state index in [2.05, 4.69) is 6.07 Å². The van der Waals surface area contributed by atoms with Crippen LogP contribution in [0.2, 0.25) is 0 Å². The number of carbonyl (C=O) groups excluding carboxylic acids is 1. The highest BCUT2D eigenvalue weighted by atomic mass is 16.5. The zero-order valence-corrected chi connectivity index (χ0v) is 14.9. The van der Waals surface area contributed by atoms with Crippen LogP contribution < -0.4 is 4.74 Å². The predicted molar refractivity (Wildman–Crippen MR) is 101 cm³/mol. The van der Waals surface area contributed by atoms with Crippen molar-refractivity contribution in [2.45, 2.75) is 13.3 Å². The minimum Gasteiger partial charge on any atom is -0.493 e. The Morgan fingerprint density at radius 1 is 1.27 bits per heavy atom. The number of nitriles is 1. The first-order chi connectivity index (χ1) is 12.7. The summed E-state index contributed by atoms with van der Waals surface area (Å²) in [6, 6.07) is 13.9. The third-order valence-electron chi connectivity index (χ3n) is 4.33. The minimum atomic E-state index is -0.259. The summed E-state index contributed by atoms with van der Waals surface area (Å²) in [7, 11) is 0. The van der Waals surface area contributed by atoms with Crippen LogP contribution in [0, 0.1) is 11.3 Å². The number of nitrogens with zero attached hydrogens (tertiary/aromatic N) is 2. The van der Waals surface area contributed by atoms with E-state index < -0.39 is 0 Å². The van der Waals surface area contributed by atoms with Crippen molar-refractivity contribution in [3.63, 3.8) is 0 Å². The van der Waals surface area contributed by atoms with Gasteiger partial charge >= 0.3 is 0 Å². The molecule has 5 nitrogen and oxygen atoms in total. The molecule has 0 saturated carbocycles. The Morgan fingerprint density at radius 2 is 2.04 bits per heavy atom. The molecule has 5 heteroatoms. The van der Waals surface area contributed by atoms with Crippen molar-refractivity contribution in [3.8, 4) is 11.8 Å². The molecule has 26 heavy (non-hydrogen) atoms. The van der Waals surface area contributed by atoms with Crippen LogP contribution in [0.3, 0.4) is 0 Å². The second-order valence-corrected chi connectivity index (χ2v) is 6.12. The quantitative estimate of drug-likeness (QED) is 0.612. The maximum Gasteiger partial charge on any atom is 0.264 e. The standard InChI is InChI=1S/C21H22N2O3/c1-2-11-26-20-8-7-16-5-3-4-6-18(16)19(20)14-17(15-22)21(24)23-9-12-25-13-10-23/h3-8,14H,2,9-13H2,1H3/b17-14+. The summed E-state index contributed by atoms with van der Waals surface area (Å²) in [4.78, 5) is 14.4. The highest BCUT2D eigenvalue weighted by molar-refractivity contribution is 6.05. The van der Waals surface area contributed by atoms with Crippen LogP contribution in [0.25, 0.3) is 16.8 Å². The van der Waals surface area contributed by atoms with Gasteiger partial charge in [0.25, 0.3) is 5.91 Å². The predicted octanol–water partition coefficient (Wildman–Crippen LogP) is 3.39. The zero-order valence-electron chi connectivity index (χ0n) is 14.9. The number of morpholine rings is 1. The molecule has 1 amide bonds. The third-order valence-corrected chi connectivity index (χ3v) is 4.33. The summed E-state index contributed by atoms with van der Waals surface area (Å²) in [5, 5.41) is 11.6. The molecule has 2 aromatic carbocycles. The van der Waals surface area contributed by atoms with Gasteiger partial charge in [0, 0.05) is 18.7 Å². The Labute approximate surface area is 153 Å². The second kappa shape index (κ2) is 8.50. The fourth-order valence-corrected chi connectivity index (χ4v) is 2.99. The van der Waals surface area contributed by atoms with Crippen LogP contribution in [0.5, 0.6) is 5.75 Å². The lowest BCUT2D eigenvalue weighted by molar-refractivity contribution is -0.130. The summed E-state index contributed by atoms with van der Waals surface area (Å²) < 4.78 is 11.2. The van der Waals surface area contributed by atoms with Gasteiger partial charge in [-0.1, -0.05) is 37.3 Å². The number of ether oxygens (including phenoxy) is 2. The number of rotatable bonds is 5. The van der Waals surface area contributed by atoms with E-state index in [9.17, 15) is 10.1 Å². The molecule has 3 rings (SSSR count). The number of benzene rings is 2. The molecule has 0 aromatic heterocycles. The van der Waals surface area contributed by atoms with Crippen molar-refractivity contribution in [2.24, 2.45) is 0 Å². The van der Waals surface area contributed by atoms with Crippen LogP contribution in [0.15, 0.2) is 42.0 Å². The summed E-state index contributed by atoms with van der Waals surface area (Å²) in [6.45, 7) is 4.64. The lowest BCUT2D eigenvalue weighted by Crippen LogP contribution is -2.41. The maximum absolute atomic E-state index is 12.7. The molecular formula is C21H22N2O3. The molecule has 0 radical (unpaired) electrons. The first-order valence-electron chi connectivity index (χ1n) is 8.88. The second-order valence-electron chi connectivity index (χ2n) is 6.12. The van der Waals surface area contributed by atoms with E-state index >= 15 is 0 Å². The first kappa shape index (κ1) is 18.0. The molecule has 0 unspecified atom stereocenters. The van der Waals surface area contributed by atoms with Gasteiger partial charge in [0.15, 0.2) is 0 Å². The minimum absolute atomic E-state index is 0.115. The van der Waals surface area contributed by atoms with Crippen LogP contribution >= 0.6 is 0 Å². The Balaban J connectivity index is 2.04. The van der Waals surface area contributed by atoms with Crippen molar-refractivity contribution in [1.29, 1.82) is 5.26 Å². The molecule has 1 aliphatic heterocycles. The summed E-state index contributed by atoms with van der Waals surface area (Å²) in [6.07, 6.45) is 2.54. The number of fused-ring (bicyclic) bond motifs is 1. The van der Waals surface area contributed by atoms with Crippen molar-refractivity contribution < 1.29 is 14.3 Å². The Hall–Kier alpha value is -2.84. The van der Waals surface area contributed by atoms with Crippen LogP contribution in [-0.4, -0.2) is 43.7 Å². The summed E-state index contributed by atoms with van der Waals surface area (Å²) in [5.41, 5.74) is 0.888. The van der Waals surface area contributed by atoms with Crippen LogP contribution in [-0.2, 0) is 9.53 Å². The van der Waals surface area contributed by atoms with Crippen LogP contribution in [0.4, 0.5) is 0 Å². The van der Waals surface area contributed by atoms with Gasteiger partial charge in [-0.15, -0.1) is 0 Å². The van der Waals surface area contributed by atoms with Gasteiger partial charge in [0.1, 0.15) is 17.4 Å². The number of hydrogen-bond acceptors (Lipinski definition) is 4. The molecule has 2 aromatic rings. The molecule has 134 valence electrons. The lowest BCUT2D eigenvalue weighted by Gasteiger charge is -2.26. The normalized spacial score (nSPS) is 14.9. The molecular weight excluding hydrogens is 328 g/mol. The zero-order chi connectivity index (χ0) is 18.4. The molecule has 0 spiro atoms. The van der Waals surface area contributed by atoms with Crippen molar-refractivity contribution in [3.05, 3.63) is 47.5 Å². The Kier molecular flexibility index (Phi) is 5.88. The topological polar surface area (TPSA) is 62.6 Å². The highest BCUT2D eigenvalue weighted by Crippen LogP contribution is 2.30. The van der Waals surface area contributed by atoms with Crippen molar-refractivity contribution in [2.75, 3.05) is 32.9 Å². The van der Waals surface area contributed by atoms with E-state index in [0.29, 0.717) is 38.7 Å². The average Bonchev–Trinajstić information content (AvgIpc) is 2.71. The first-order valence-corrected chi connectivity index (χ1v) is 8.88. The fraction of sp³-hybridized carbons (Fsp3) is 0.333. The smallest absolute Gasteiger partial charge is 0.264 e. The number of carbonyl (C=O) groups is 1. The maximum atomic E-state index is 12.7. The Bertz CT molecular complexity index is 861. The van der Waals surface area contributed by atoms with Gasteiger partial charge in [0.05, 0.1) is 19.8 Å². The number of hydrogen-bond donors (Lipinski definition) is 0. The van der Waals surface area contributed by atoms with Gasteiger partial charge in [0.2, 0.25) is 0 Å².